The van der Waals surface area contributed by atoms with E-state index < -0.39 is 0 Å². The first-order chi connectivity index (χ1) is 11.7. The number of carbonyl (C=O) groups excluding carboxylic acids is 1. The number of carbonyl (C=O) groups is 1. The van der Waals surface area contributed by atoms with E-state index in [1.54, 1.807) is 7.11 Å². The molecule has 1 saturated heterocycles. The number of rotatable bonds is 5. The van der Waals surface area contributed by atoms with Gasteiger partial charge in [0.25, 0.3) is 0 Å². The second-order valence-corrected chi connectivity index (χ2v) is 6.41. The Bertz CT molecular complexity index is 689. The normalized spacial score (nSPS) is 17.4. The van der Waals surface area contributed by atoms with Gasteiger partial charge in [0.05, 0.1) is 30.7 Å². The lowest BCUT2D eigenvalue weighted by atomic mass is 10.2. The van der Waals surface area contributed by atoms with Gasteiger partial charge < -0.3 is 15.0 Å². The molecule has 3 rings (SSSR count). The summed E-state index contributed by atoms with van der Waals surface area (Å²) in [5, 5.41) is 3.00. The number of hydrogen-bond acceptors (Lipinski definition) is 4. The number of aromatic amines is 1. The number of aromatic nitrogens is 2. The van der Waals surface area contributed by atoms with Gasteiger partial charge in [0.1, 0.15) is 11.6 Å². The molecule has 0 spiro atoms. The van der Waals surface area contributed by atoms with Crippen molar-refractivity contribution in [1.82, 2.24) is 20.2 Å². The van der Waals surface area contributed by atoms with Crippen LogP contribution in [0.3, 0.4) is 0 Å². The topological polar surface area (TPSA) is 70.2 Å². The van der Waals surface area contributed by atoms with Crippen LogP contribution in [0, 0.1) is 0 Å². The Kier molecular flexibility index (Phi) is 5.35. The van der Waals surface area contributed by atoms with Crippen LogP contribution >= 0.6 is 0 Å². The van der Waals surface area contributed by atoms with Gasteiger partial charge >= 0.3 is 0 Å². The van der Waals surface area contributed by atoms with Crippen molar-refractivity contribution in [2.45, 2.75) is 45.2 Å². The van der Waals surface area contributed by atoms with Crippen LogP contribution in [0.5, 0.6) is 5.75 Å². The molecule has 1 aromatic heterocycles. The Labute approximate surface area is 142 Å². The second kappa shape index (κ2) is 7.66. The summed E-state index contributed by atoms with van der Waals surface area (Å²) in [7, 11) is 1.64. The van der Waals surface area contributed by atoms with Gasteiger partial charge in [-0.25, -0.2) is 4.98 Å². The van der Waals surface area contributed by atoms with Crippen LogP contribution in [-0.4, -0.2) is 47.0 Å². The van der Waals surface area contributed by atoms with Gasteiger partial charge in [-0.15, -0.1) is 0 Å². The highest BCUT2D eigenvalue weighted by atomic mass is 16.5. The number of nitrogens with one attached hydrogen (secondary N) is 2. The highest BCUT2D eigenvalue weighted by molar-refractivity contribution is 5.81. The van der Waals surface area contributed by atoms with Crippen molar-refractivity contribution in [2.75, 3.05) is 20.2 Å². The summed E-state index contributed by atoms with van der Waals surface area (Å²) < 4.78 is 5.22. The van der Waals surface area contributed by atoms with E-state index in [1.165, 1.54) is 25.7 Å². The van der Waals surface area contributed by atoms with Crippen LogP contribution < -0.4 is 10.1 Å². The van der Waals surface area contributed by atoms with E-state index in [2.05, 4.69) is 20.2 Å². The summed E-state index contributed by atoms with van der Waals surface area (Å²) in [6, 6.07) is 5.61. The lowest BCUT2D eigenvalue weighted by Gasteiger charge is -2.26. The maximum atomic E-state index is 12.4. The van der Waals surface area contributed by atoms with Crippen LogP contribution in [0.2, 0.25) is 0 Å². The van der Waals surface area contributed by atoms with E-state index in [9.17, 15) is 4.79 Å². The van der Waals surface area contributed by atoms with Gasteiger partial charge in [-0.1, -0.05) is 12.8 Å². The number of imidazole rings is 1. The number of fused-ring (bicyclic) bond motifs is 1. The van der Waals surface area contributed by atoms with E-state index in [1.807, 2.05) is 25.1 Å². The van der Waals surface area contributed by atoms with Crippen LogP contribution in [0.1, 0.15) is 38.4 Å². The number of methoxy groups -OCH3 is 1. The Morgan fingerprint density at radius 3 is 2.79 bits per heavy atom. The zero-order chi connectivity index (χ0) is 16.9. The first-order valence-corrected chi connectivity index (χ1v) is 8.72. The molecule has 24 heavy (non-hydrogen) atoms. The van der Waals surface area contributed by atoms with E-state index in [-0.39, 0.29) is 11.9 Å². The van der Waals surface area contributed by atoms with Crippen LogP contribution in [-0.2, 0) is 11.3 Å². The number of amides is 1. The van der Waals surface area contributed by atoms with Gasteiger partial charge in [-0.05, 0) is 45.0 Å². The number of nitrogens with zero attached hydrogens (tertiary/aromatic N) is 2. The molecule has 130 valence electrons. The molecule has 1 atom stereocenters. The molecule has 0 bridgehead atoms. The molecule has 1 aliphatic heterocycles. The molecule has 2 N–H and O–H groups in total. The molecule has 2 aromatic rings. The van der Waals surface area contributed by atoms with Crippen molar-refractivity contribution in [3.8, 4) is 5.75 Å². The Morgan fingerprint density at radius 1 is 1.33 bits per heavy atom. The smallest absolute Gasteiger partial charge is 0.237 e. The molecular weight excluding hydrogens is 304 g/mol. The average molecular weight is 330 g/mol. The minimum atomic E-state index is -0.0902. The fourth-order valence-corrected chi connectivity index (χ4v) is 3.22. The zero-order valence-electron chi connectivity index (χ0n) is 14.5. The van der Waals surface area contributed by atoms with Gasteiger partial charge in [-0.2, -0.15) is 0 Å². The van der Waals surface area contributed by atoms with Gasteiger partial charge in [0, 0.05) is 6.07 Å². The van der Waals surface area contributed by atoms with E-state index in [0.29, 0.717) is 6.54 Å². The monoisotopic (exact) mass is 330 g/mol. The predicted molar refractivity (Wildman–Crippen MR) is 94.0 cm³/mol. The molecule has 0 aliphatic carbocycles. The van der Waals surface area contributed by atoms with Crippen LogP contribution in [0.4, 0.5) is 0 Å². The van der Waals surface area contributed by atoms with Crippen molar-refractivity contribution in [3.63, 3.8) is 0 Å². The van der Waals surface area contributed by atoms with Crippen LogP contribution in [0.15, 0.2) is 18.2 Å². The van der Waals surface area contributed by atoms with Gasteiger partial charge in [0.2, 0.25) is 5.91 Å². The molecule has 1 amide bonds. The van der Waals surface area contributed by atoms with Crippen molar-refractivity contribution in [1.29, 1.82) is 0 Å². The van der Waals surface area contributed by atoms with Crippen molar-refractivity contribution < 1.29 is 9.53 Å². The average Bonchev–Trinajstić information content (AvgIpc) is 2.81. The third-order valence-electron chi connectivity index (χ3n) is 4.74. The fraction of sp³-hybridized carbons (Fsp3) is 0.556. The lowest BCUT2D eigenvalue weighted by molar-refractivity contribution is -0.126. The fourth-order valence-electron chi connectivity index (χ4n) is 3.22. The predicted octanol–water partition coefficient (Wildman–Crippen LogP) is 2.45. The Morgan fingerprint density at radius 2 is 2.08 bits per heavy atom. The molecule has 0 radical (unpaired) electrons. The third-order valence-corrected chi connectivity index (χ3v) is 4.74. The highest BCUT2D eigenvalue weighted by Gasteiger charge is 2.22. The number of benzene rings is 1. The summed E-state index contributed by atoms with van der Waals surface area (Å²) >= 11 is 0. The zero-order valence-corrected chi connectivity index (χ0v) is 14.5. The maximum absolute atomic E-state index is 12.4. The van der Waals surface area contributed by atoms with Crippen LogP contribution in [0.25, 0.3) is 11.0 Å². The van der Waals surface area contributed by atoms with E-state index >= 15 is 0 Å². The summed E-state index contributed by atoms with van der Waals surface area (Å²) in [4.78, 5) is 22.5. The first-order valence-electron chi connectivity index (χ1n) is 8.72. The summed E-state index contributed by atoms with van der Waals surface area (Å²) in [5.74, 6) is 1.61. The number of likely N-dealkylation sites (tertiary alicyclic amines) is 1. The first kappa shape index (κ1) is 16.8. The summed E-state index contributed by atoms with van der Waals surface area (Å²) in [6.45, 7) is 4.43. The SMILES string of the molecule is COc1ccc2nc(CNC(=O)C(C)N3CCCCCC3)[nH]c2c1. The summed E-state index contributed by atoms with van der Waals surface area (Å²) in [5.41, 5.74) is 1.79. The lowest BCUT2D eigenvalue weighted by Crippen LogP contribution is -2.45. The molecule has 1 unspecified atom stereocenters. The van der Waals surface area contributed by atoms with E-state index in [4.69, 9.17) is 4.74 Å². The van der Waals surface area contributed by atoms with Crippen molar-refractivity contribution in [2.24, 2.45) is 0 Å². The molecule has 1 aromatic carbocycles. The Balaban J connectivity index is 1.59. The molecule has 6 nitrogen and oxygen atoms in total. The molecular formula is C18H26N4O2. The van der Waals surface area contributed by atoms with Gasteiger partial charge in [0.15, 0.2) is 0 Å². The largest absolute Gasteiger partial charge is 0.497 e. The maximum Gasteiger partial charge on any atom is 0.237 e. The van der Waals surface area contributed by atoms with Gasteiger partial charge in [-0.3, -0.25) is 9.69 Å². The Hall–Kier alpha value is -2.08. The quantitative estimate of drug-likeness (QED) is 0.883. The number of ether oxygens (including phenoxy) is 1. The molecule has 2 heterocycles. The van der Waals surface area contributed by atoms with E-state index in [0.717, 1.165) is 35.7 Å². The van der Waals surface area contributed by atoms with Crippen molar-refractivity contribution >= 4 is 16.9 Å². The van der Waals surface area contributed by atoms with Crippen molar-refractivity contribution in [3.05, 3.63) is 24.0 Å². The number of hydrogen-bond donors (Lipinski definition) is 2. The second-order valence-electron chi connectivity index (χ2n) is 6.41. The molecule has 6 heteroatoms. The summed E-state index contributed by atoms with van der Waals surface area (Å²) in [6.07, 6.45) is 4.91. The standard InChI is InChI=1S/C18H26N4O2/c1-13(22-9-5-3-4-6-10-22)18(23)19-12-17-20-15-8-7-14(24-2)11-16(15)21-17/h7-8,11,13H,3-6,9-10,12H2,1-2H3,(H,19,23)(H,20,21). The molecule has 1 fully saturated rings. The minimum Gasteiger partial charge on any atom is -0.497 e. The third kappa shape index (κ3) is 3.87. The highest BCUT2D eigenvalue weighted by Crippen LogP contribution is 2.18. The number of H-pyrrole nitrogens is 1. The minimum absolute atomic E-state index is 0.0648. The molecule has 0 saturated carbocycles. The molecule has 1 aliphatic rings.